The van der Waals surface area contributed by atoms with Crippen LogP contribution >= 0.6 is 0 Å². The molecule has 1 N–H and O–H groups in total. The number of hydrogen-bond acceptors (Lipinski definition) is 5. The summed E-state index contributed by atoms with van der Waals surface area (Å²) in [7, 11) is 1.96. The average Bonchev–Trinajstić information content (AvgIpc) is 3.66. The van der Waals surface area contributed by atoms with Crippen LogP contribution in [0.4, 0.5) is 11.6 Å². The molecular weight excluding hydrogens is 446 g/mol. The average molecular weight is 478 g/mol. The molecule has 0 radical (unpaired) electrons. The highest BCUT2D eigenvalue weighted by atomic mass is 15.4. The van der Waals surface area contributed by atoms with Crippen LogP contribution in [0, 0.1) is 0 Å². The van der Waals surface area contributed by atoms with E-state index in [9.17, 15) is 0 Å². The number of aryl methyl sites for hydroxylation is 2. The van der Waals surface area contributed by atoms with Crippen LogP contribution in [0.1, 0.15) is 24.8 Å². The molecule has 1 saturated heterocycles. The number of rotatable bonds is 8. The lowest BCUT2D eigenvalue weighted by molar-refractivity contribution is 0.334. The summed E-state index contributed by atoms with van der Waals surface area (Å²) in [6, 6.07) is 25.2. The quantitative estimate of drug-likeness (QED) is 0.317. The Kier molecular flexibility index (Phi) is 6.22. The van der Waals surface area contributed by atoms with Gasteiger partial charge in [-0.3, -0.25) is 4.68 Å². The second-order valence-electron chi connectivity index (χ2n) is 9.51. The zero-order valence-electron chi connectivity index (χ0n) is 20.6. The lowest BCUT2D eigenvalue weighted by Gasteiger charge is -2.14. The Labute approximate surface area is 211 Å². The molecule has 4 heterocycles. The van der Waals surface area contributed by atoms with E-state index < -0.39 is 0 Å². The zero-order chi connectivity index (χ0) is 24.3. The number of nitrogens with zero attached hydrogens (tertiary/aromatic N) is 6. The molecule has 1 fully saturated rings. The van der Waals surface area contributed by atoms with Crippen molar-refractivity contribution in [2.75, 3.05) is 25.0 Å². The van der Waals surface area contributed by atoms with E-state index in [-0.39, 0.29) is 0 Å². The molecule has 2 aromatic carbocycles. The minimum Gasteiger partial charge on any atom is -0.323 e. The van der Waals surface area contributed by atoms with E-state index in [1.165, 1.54) is 44.5 Å². The topological polar surface area (TPSA) is 63.3 Å². The molecule has 0 unspecified atom stereocenters. The summed E-state index contributed by atoms with van der Waals surface area (Å²) in [5.41, 5.74) is 7.48. The van der Waals surface area contributed by atoms with Crippen LogP contribution in [0.25, 0.3) is 28.2 Å². The van der Waals surface area contributed by atoms with Gasteiger partial charge in [-0.15, -0.1) is 5.10 Å². The van der Waals surface area contributed by atoms with E-state index >= 15 is 0 Å². The van der Waals surface area contributed by atoms with Crippen molar-refractivity contribution in [3.63, 3.8) is 0 Å². The fourth-order valence-corrected chi connectivity index (χ4v) is 5.04. The van der Waals surface area contributed by atoms with E-state index in [1.807, 2.05) is 40.6 Å². The molecule has 1 aliphatic rings. The number of benzene rings is 2. The first-order valence-corrected chi connectivity index (χ1v) is 12.8. The fraction of sp³-hybridized carbons (Fsp3) is 0.276. The van der Waals surface area contributed by atoms with E-state index in [1.54, 1.807) is 0 Å². The second kappa shape index (κ2) is 9.95. The molecule has 182 valence electrons. The highest BCUT2D eigenvalue weighted by molar-refractivity contribution is 5.69. The minimum atomic E-state index is 0.593. The Balaban J connectivity index is 1.15. The molecule has 6 rings (SSSR count). The van der Waals surface area contributed by atoms with Crippen molar-refractivity contribution in [1.82, 2.24) is 29.3 Å². The van der Waals surface area contributed by atoms with Gasteiger partial charge in [0.2, 0.25) is 5.95 Å². The summed E-state index contributed by atoms with van der Waals surface area (Å²) in [5, 5.41) is 12.4. The van der Waals surface area contributed by atoms with Gasteiger partial charge in [0.25, 0.3) is 0 Å². The van der Waals surface area contributed by atoms with Crippen LogP contribution in [0.3, 0.4) is 0 Å². The Morgan fingerprint density at radius 3 is 2.31 bits per heavy atom. The maximum absolute atomic E-state index is 4.76. The lowest BCUT2D eigenvalue weighted by Crippen LogP contribution is -2.20. The van der Waals surface area contributed by atoms with Crippen LogP contribution in [0.2, 0.25) is 0 Å². The SMILES string of the molecule is Cn1nccc1-c1ccc(-c2cccc3nc(Nc4ccc(CCCN5CCCC5)cc4)nn23)cc1. The summed E-state index contributed by atoms with van der Waals surface area (Å²) in [6.07, 6.45) is 6.87. The third kappa shape index (κ3) is 4.75. The Bertz CT molecular complexity index is 1440. The second-order valence-corrected chi connectivity index (χ2v) is 9.51. The minimum absolute atomic E-state index is 0.593. The first-order valence-electron chi connectivity index (χ1n) is 12.8. The molecule has 3 aromatic heterocycles. The Morgan fingerprint density at radius 2 is 1.58 bits per heavy atom. The highest BCUT2D eigenvalue weighted by Gasteiger charge is 2.12. The number of likely N-dealkylation sites (tertiary alicyclic amines) is 1. The van der Waals surface area contributed by atoms with Crippen molar-refractivity contribution >= 4 is 17.3 Å². The van der Waals surface area contributed by atoms with Crippen LogP contribution in [-0.4, -0.2) is 48.9 Å². The largest absolute Gasteiger partial charge is 0.323 e. The van der Waals surface area contributed by atoms with Crippen molar-refractivity contribution in [3.8, 4) is 22.5 Å². The number of anilines is 2. The van der Waals surface area contributed by atoms with Crippen LogP contribution in [0.5, 0.6) is 0 Å². The standard InChI is InChI=1S/C29H31N7/c1-34-26(17-18-30-34)23-11-13-24(14-12-23)27-7-4-8-28-32-29(33-36(27)28)31-25-15-9-22(10-16-25)6-5-21-35-19-2-3-20-35/h4,7-18H,2-3,5-6,19-21H2,1H3,(H,31,33). The molecule has 7 nitrogen and oxygen atoms in total. The predicted molar refractivity (Wildman–Crippen MR) is 144 cm³/mol. The number of fused-ring (bicyclic) bond motifs is 1. The molecule has 7 heteroatoms. The Hall–Kier alpha value is -3.97. The number of nitrogens with one attached hydrogen (secondary N) is 1. The van der Waals surface area contributed by atoms with Gasteiger partial charge < -0.3 is 10.2 Å². The van der Waals surface area contributed by atoms with Gasteiger partial charge in [0, 0.05) is 24.5 Å². The molecule has 0 amide bonds. The van der Waals surface area contributed by atoms with Crippen molar-refractivity contribution in [1.29, 1.82) is 0 Å². The number of hydrogen-bond donors (Lipinski definition) is 1. The summed E-state index contributed by atoms with van der Waals surface area (Å²) in [4.78, 5) is 7.28. The molecule has 0 bridgehead atoms. The van der Waals surface area contributed by atoms with Gasteiger partial charge in [0.05, 0.1) is 11.4 Å². The molecule has 5 aromatic rings. The van der Waals surface area contributed by atoms with E-state index in [0.717, 1.165) is 40.3 Å². The molecule has 0 spiro atoms. The molecule has 1 aliphatic heterocycles. The van der Waals surface area contributed by atoms with Gasteiger partial charge >= 0.3 is 0 Å². The first-order chi connectivity index (χ1) is 17.7. The van der Waals surface area contributed by atoms with E-state index in [2.05, 4.69) is 69.9 Å². The van der Waals surface area contributed by atoms with Crippen molar-refractivity contribution in [3.05, 3.63) is 84.6 Å². The van der Waals surface area contributed by atoms with Gasteiger partial charge in [-0.25, -0.2) is 4.52 Å². The normalized spacial score (nSPS) is 14.0. The van der Waals surface area contributed by atoms with Gasteiger partial charge in [-0.1, -0.05) is 42.5 Å². The first kappa shape index (κ1) is 22.5. The highest BCUT2D eigenvalue weighted by Crippen LogP contribution is 2.26. The van der Waals surface area contributed by atoms with Crippen LogP contribution < -0.4 is 5.32 Å². The van der Waals surface area contributed by atoms with Crippen LogP contribution in [0.15, 0.2) is 79.0 Å². The number of aromatic nitrogens is 5. The monoisotopic (exact) mass is 477 g/mol. The van der Waals surface area contributed by atoms with Gasteiger partial charge in [0.15, 0.2) is 5.65 Å². The third-order valence-corrected chi connectivity index (χ3v) is 7.01. The van der Waals surface area contributed by atoms with Crippen molar-refractivity contribution < 1.29 is 0 Å². The molecular formula is C29H31N7. The maximum atomic E-state index is 4.76. The summed E-state index contributed by atoms with van der Waals surface area (Å²) >= 11 is 0. The predicted octanol–water partition coefficient (Wildman–Crippen LogP) is 5.57. The van der Waals surface area contributed by atoms with E-state index in [0.29, 0.717) is 5.95 Å². The number of pyridine rings is 1. The molecule has 36 heavy (non-hydrogen) atoms. The fourth-order valence-electron chi connectivity index (χ4n) is 5.04. The van der Waals surface area contributed by atoms with Gasteiger partial charge in [-0.05, 0) is 86.8 Å². The zero-order valence-corrected chi connectivity index (χ0v) is 20.6. The van der Waals surface area contributed by atoms with Gasteiger partial charge in [0.1, 0.15) is 0 Å². The molecule has 0 atom stereocenters. The molecule has 0 aliphatic carbocycles. The summed E-state index contributed by atoms with van der Waals surface area (Å²) < 4.78 is 3.78. The maximum Gasteiger partial charge on any atom is 0.247 e. The summed E-state index contributed by atoms with van der Waals surface area (Å²) in [6.45, 7) is 3.75. The Morgan fingerprint density at radius 1 is 0.833 bits per heavy atom. The third-order valence-electron chi connectivity index (χ3n) is 7.01. The molecule has 0 saturated carbocycles. The van der Waals surface area contributed by atoms with Crippen LogP contribution in [-0.2, 0) is 13.5 Å². The van der Waals surface area contributed by atoms with E-state index in [4.69, 9.17) is 10.1 Å². The summed E-state index contributed by atoms with van der Waals surface area (Å²) in [5.74, 6) is 0.593. The smallest absolute Gasteiger partial charge is 0.247 e. The van der Waals surface area contributed by atoms with Crippen molar-refractivity contribution in [2.24, 2.45) is 7.05 Å². The van der Waals surface area contributed by atoms with Gasteiger partial charge in [-0.2, -0.15) is 10.1 Å². The lowest BCUT2D eigenvalue weighted by atomic mass is 10.1. The van der Waals surface area contributed by atoms with Crippen molar-refractivity contribution in [2.45, 2.75) is 25.7 Å².